The first-order chi connectivity index (χ1) is 25.7. The average molecular weight is 693 g/mol. The van der Waals surface area contributed by atoms with E-state index in [9.17, 15) is 0 Å². The molecular weight excluding hydrogens is 660 g/mol. The number of aromatic amines is 2. The molecule has 0 unspecified atom stereocenters. The molecular formula is C36H32N14O2. The fourth-order valence-electron chi connectivity index (χ4n) is 5.52. The van der Waals surface area contributed by atoms with Gasteiger partial charge in [-0.2, -0.15) is 10.2 Å². The van der Waals surface area contributed by atoms with Crippen molar-refractivity contribution >= 4 is 0 Å². The molecule has 4 aromatic heterocycles. The van der Waals surface area contributed by atoms with Gasteiger partial charge in [0.25, 0.3) is 0 Å². The van der Waals surface area contributed by atoms with Gasteiger partial charge in [0.2, 0.25) is 0 Å². The van der Waals surface area contributed by atoms with Crippen LogP contribution >= 0.6 is 0 Å². The van der Waals surface area contributed by atoms with Crippen molar-refractivity contribution in [3.63, 3.8) is 0 Å². The van der Waals surface area contributed by atoms with Crippen LogP contribution in [0.25, 0.3) is 45.6 Å². The Morgan fingerprint density at radius 1 is 0.500 bits per heavy atom. The van der Waals surface area contributed by atoms with Crippen LogP contribution in [0.15, 0.2) is 109 Å². The number of H-pyrrole nitrogens is 2. The summed E-state index contributed by atoms with van der Waals surface area (Å²) in [7, 11) is 0. The average Bonchev–Trinajstić information content (AvgIpc) is 4.03. The summed E-state index contributed by atoms with van der Waals surface area (Å²) in [6.45, 7) is 1.79. The van der Waals surface area contributed by atoms with Crippen LogP contribution in [0, 0.1) is 0 Å². The number of hydrogen-bond donors (Lipinski definition) is 2. The molecule has 258 valence electrons. The zero-order valence-corrected chi connectivity index (χ0v) is 27.8. The van der Waals surface area contributed by atoms with E-state index in [-0.39, 0.29) is 0 Å². The first kappa shape index (κ1) is 32.1. The molecule has 8 aromatic rings. The highest BCUT2D eigenvalue weighted by Crippen LogP contribution is 2.24. The van der Waals surface area contributed by atoms with E-state index in [1.54, 1.807) is 9.36 Å². The standard InChI is InChI=1S/C36H32N14O2/c1-3-11-25(12-4-1)35-43-45-47-49(35)23-31-37-33(41-39-31)27-15-9-17-29(21-27)51-19-7-8-20-52-30-18-10-16-28(22-30)34-38-32(40-42-34)24-50-36(44-46-48-50)26-13-5-2-6-14-26/h1-6,9-18,21-22H,7-8,19-20,23-24H2,(H,37,39,41)(H,38,40,42). The zero-order valence-electron chi connectivity index (χ0n) is 27.8. The topological polar surface area (TPSA) is 189 Å². The highest BCUT2D eigenvalue weighted by molar-refractivity contribution is 5.58. The minimum absolute atomic E-state index is 0.354. The molecule has 0 amide bonds. The van der Waals surface area contributed by atoms with Gasteiger partial charge >= 0.3 is 0 Å². The molecule has 0 atom stereocenters. The summed E-state index contributed by atoms with van der Waals surface area (Å²) < 4.78 is 15.5. The van der Waals surface area contributed by atoms with E-state index in [0.29, 0.717) is 61.2 Å². The van der Waals surface area contributed by atoms with Crippen LogP contribution in [-0.4, -0.2) is 84.0 Å². The Balaban J connectivity index is 0.798. The number of tetrazole rings is 2. The van der Waals surface area contributed by atoms with Crippen molar-refractivity contribution in [3.8, 4) is 57.1 Å². The van der Waals surface area contributed by atoms with Gasteiger partial charge in [0.1, 0.15) is 36.2 Å². The third-order valence-corrected chi connectivity index (χ3v) is 8.05. The number of nitrogens with zero attached hydrogens (tertiary/aromatic N) is 12. The largest absolute Gasteiger partial charge is 0.494 e. The molecule has 0 aliphatic carbocycles. The third-order valence-electron chi connectivity index (χ3n) is 8.05. The van der Waals surface area contributed by atoms with Gasteiger partial charge in [-0.05, 0) is 58.0 Å². The van der Waals surface area contributed by atoms with Gasteiger partial charge in [0.15, 0.2) is 23.3 Å². The van der Waals surface area contributed by atoms with E-state index in [0.717, 1.165) is 46.6 Å². The molecule has 16 heteroatoms. The van der Waals surface area contributed by atoms with Crippen molar-refractivity contribution in [3.05, 3.63) is 121 Å². The number of hydrogen-bond acceptors (Lipinski definition) is 12. The van der Waals surface area contributed by atoms with E-state index in [1.165, 1.54) is 0 Å². The molecule has 52 heavy (non-hydrogen) atoms. The first-order valence-corrected chi connectivity index (χ1v) is 16.7. The maximum absolute atomic E-state index is 6.04. The second-order valence-corrected chi connectivity index (χ2v) is 11.7. The Hall–Kier alpha value is -7.10. The molecule has 0 radical (unpaired) electrons. The lowest BCUT2D eigenvalue weighted by Gasteiger charge is -2.09. The monoisotopic (exact) mass is 692 g/mol. The molecule has 0 aliphatic heterocycles. The zero-order chi connectivity index (χ0) is 35.0. The first-order valence-electron chi connectivity index (χ1n) is 16.7. The van der Waals surface area contributed by atoms with Crippen LogP contribution in [0.3, 0.4) is 0 Å². The number of ether oxygens (including phenoxy) is 2. The van der Waals surface area contributed by atoms with Gasteiger partial charge in [-0.25, -0.2) is 19.3 Å². The molecule has 0 saturated carbocycles. The van der Waals surface area contributed by atoms with Gasteiger partial charge in [0.05, 0.1) is 13.2 Å². The Kier molecular flexibility index (Phi) is 9.39. The summed E-state index contributed by atoms with van der Waals surface area (Å²) in [6.07, 6.45) is 1.63. The van der Waals surface area contributed by atoms with Crippen molar-refractivity contribution < 1.29 is 9.47 Å². The second kappa shape index (κ2) is 15.2. The fourth-order valence-corrected chi connectivity index (χ4v) is 5.52. The van der Waals surface area contributed by atoms with Crippen molar-refractivity contribution in [2.75, 3.05) is 13.2 Å². The van der Waals surface area contributed by atoms with Crippen molar-refractivity contribution in [1.29, 1.82) is 0 Å². The summed E-state index contributed by atoms with van der Waals surface area (Å²) in [4.78, 5) is 9.33. The predicted molar refractivity (Wildman–Crippen MR) is 189 cm³/mol. The van der Waals surface area contributed by atoms with Gasteiger partial charge < -0.3 is 9.47 Å². The number of unbranched alkanes of at least 4 members (excludes halogenated alkanes) is 1. The Morgan fingerprint density at radius 2 is 0.942 bits per heavy atom. The number of rotatable bonds is 15. The summed E-state index contributed by atoms with van der Waals surface area (Å²) in [5.41, 5.74) is 3.53. The second-order valence-electron chi connectivity index (χ2n) is 11.7. The molecule has 0 aliphatic rings. The van der Waals surface area contributed by atoms with Gasteiger partial charge in [0, 0.05) is 22.3 Å². The summed E-state index contributed by atoms with van der Waals surface area (Å²) >= 11 is 0. The SMILES string of the molecule is c1ccc(-c2nnnn2Cc2nc(-c3cccc(OCCCCOc4cccc(-c5n[nH]c(Cn6nnnc6-c6ccccc6)n5)c4)c3)n[nH]2)cc1. The van der Waals surface area contributed by atoms with Crippen LogP contribution in [0.2, 0.25) is 0 Å². The van der Waals surface area contributed by atoms with E-state index in [4.69, 9.17) is 9.47 Å². The summed E-state index contributed by atoms with van der Waals surface area (Å²) in [6, 6.07) is 35.0. The molecule has 2 N–H and O–H groups in total. The lowest BCUT2D eigenvalue weighted by atomic mass is 10.2. The number of nitrogens with one attached hydrogen (secondary N) is 2. The molecule has 0 saturated heterocycles. The molecule has 8 rings (SSSR count). The van der Waals surface area contributed by atoms with E-state index in [1.807, 2.05) is 109 Å². The quantitative estimate of drug-likeness (QED) is 0.139. The molecule has 4 heterocycles. The molecule has 16 nitrogen and oxygen atoms in total. The molecule has 0 fully saturated rings. The van der Waals surface area contributed by atoms with Crippen molar-refractivity contribution in [2.24, 2.45) is 0 Å². The molecule has 0 spiro atoms. The highest BCUT2D eigenvalue weighted by Gasteiger charge is 2.14. The van der Waals surface area contributed by atoms with E-state index >= 15 is 0 Å². The fraction of sp³-hybridized carbons (Fsp3) is 0.167. The lowest BCUT2D eigenvalue weighted by molar-refractivity contribution is 0.266. The van der Waals surface area contributed by atoms with Crippen LogP contribution in [-0.2, 0) is 13.1 Å². The van der Waals surface area contributed by atoms with Crippen molar-refractivity contribution in [1.82, 2.24) is 70.8 Å². The number of benzene rings is 4. The maximum Gasteiger partial charge on any atom is 0.182 e. The number of aromatic nitrogens is 14. The van der Waals surface area contributed by atoms with Crippen LogP contribution in [0.5, 0.6) is 11.5 Å². The Labute approximate surface area is 296 Å². The smallest absolute Gasteiger partial charge is 0.182 e. The Bertz CT molecular complexity index is 2180. The summed E-state index contributed by atoms with van der Waals surface area (Å²) in [5, 5.41) is 39.0. The third kappa shape index (κ3) is 7.55. The minimum atomic E-state index is 0.354. The Morgan fingerprint density at radius 3 is 1.40 bits per heavy atom. The predicted octanol–water partition coefficient (Wildman–Crippen LogP) is 4.90. The highest BCUT2D eigenvalue weighted by atomic mass is 16.5. The van der Waals surface area contributed by atoms with Crippen LogP contribution < -0.4 is 9.47 Å². The molecule has 4 aromatic carbocycles. The lowest BCUT2D eigenvalue weighted by Crippen LogP contribution is -2.06. The van der Waals surface area contributed by atoms with Gasteiger partial charge in [-0.15, -0.1) is 10.2 Å². The van der Waals surface area contributed by atoms with Gasteiger partial charge in [-0.1, -0.05) is 84.9 Å². The minimum Gasteiger partial charge on any atom is -0.494 e. The van der Waals surface area contributed by atoms with E-state index < -0.39 is 0 Å². The maximum atomic E-state index is 6.04. The van der Waals surface area contributed by atoms with Crippen molar-refractivity contribution in [2.45, 2.75) is 25.9 Å². The van der Waals surface area contributed by atoms with E-state index in [2.05, 4.69) is 61.4 Å². The van der Waals surface area contributed by atoms with Gasteiger partial charge in [-0.3, -0.25) is 10.2 Å². The summed E-state index contributed by atoms with van der Waals surface area (Å²) in [5.74, 6) is 5.21. The van der Waals surface area contributed by atoms with Crippen LogP contribution in [0.1, 0.15) is 24.5 Å². The van der Waals surface area contributed by atoms with Crippen LogP contribution in [0.4, 0.5) is 0 Å². The normalized spacial score (nSPS) is 11.2. The molecule has 0 bridgehead atoms.